The van der Waals surface area contributed by atoms with Crippen molar-refractivity contribution in [3.8, 4) is 28.5 Å². The summed E-state index contributed by atoms with van der Waals surface area (Å²) in [7, 11) is 1.63. The highest BCUT2D eigenvalue weighted by Crippen LogP contribution is 2.34. The quantitative estimate of drug-likeness (QED) is 0.310. The molecule has 0 atom stereocenters. The number of carbonyl (C=O) groups is 1. The van der Waals surface area contributed by atoms with Crippen LogP contribution in [-0.2, 0) is 10.2 Å². The highest BCUT2D eigenvalue weighted by Gasteiger charge is 2.29. The number of ether oxygens (including phenoxy) is 2. The van der Waals surface area contributed by atoms with Gasteiger partial charge in [0.05, 0.1) is 12.5 Å². The minimum Gasteiger partial charge on any atom is -0.497 e. The van der Waals surface area contributed by atoms with E-state index in [9.17, 15) is 9.90 Å². The fraction of sp³-hybridized carbons (Fsp3) is 0.179. The smallest absolute Gasteiger partial charge is 0.313 e. The van der Waals surface area contributed by atoms with Crippen molar-refractivity contribution in [2.45, 2.75) is 26.2 Å². The summed E-state index contributed by atoms with van der Waals surface area (Å²) in [6.45, 7) is 5.29. The molecule has 0 radical (unpaired) electrons. The zero-order valence-electron chi connectivity index (χ0n) is 20.1. The fourth-order valence-corrected chi connectivity index (χ4v) is 3.53. The molecule has 0 unspecified atom stereocenters. The lowest BCUT2D eigenvalue weighted by Gasteiger charge is -2.20. The minimum atomic E-state index is -1.01. The van der Waals surface area contributed by atoms with Crippen LogP contribution < -0.4 is 14.8 Å². The van der Waals surface area contributed by atoms with Crippen molar-refractivity contribution in [3.05, 3.63) is 90.3 Å². The third kappa shape index (κ3) is 5.41. The Hall–Kier alpha value is -4.39. The number of nitrogens with zero attached hydrogens (tertiary/aromatic N) is 2. The first-order chi connectivity index (χ1) is 16.8. The maximum absolute atomic E-state index is 11.6. The number of hydrogen-bond donors (Lipinski definition) is 2. The standard InChI is InChI=1S/C28H27N3O4/c1-18-11-12-24(26(30-18)19-7-5-10-22(15-19)34-4)35-23-13-14-29-25(17-23)31-21-9-6-8-20(16-21)28(2,3)27(32)33/h5-17H,1-4H3,(H,29,31)(H,32,33). The van der Waals surface area contributed by atoms with E-state index in [0.29, 0.717) is 28.6 Å². The molecule has 0 fully saturated rings. The molecule has 7 heteroatoms. The maximum Gasteiger partial charge on any atom is 0.313 e. The van der Waals surface area contributed by atoms with Gasteiger partial charge < -0.3 is 19.9 Å². The van der Waals surface area contributed by atoms with Crippen molar-refractivity contribution in [2.24, 2.45) is 0 Å². The van der Waals surface area contributed by atoms with Crippen LogP contribution in [0.2, 0.25) is 0 Å². The molecule has 0 aliphatic heterocycles. The second-order valence-corrected chi connectivity index (χ2v) is 8.65. The van der Waals surface area contributed by atoms with E-state index < -0.39 is 11.4 Å². The van der Waals surface area contributed by atoms with Crippen LogP contribution in [0.3, 0.4) is 0 Å². The average Bonchev–Trinajstić information content (AvgIpc) is 2.85. The Morgan fingerprint density at radius 1 is 0.971 bits per heavy atom. The first-order valence-corrected chi connectivity index (χ1v) is 11.1. The van der Waals surface area contributed by atoms with Gasteiger partial charge in [0.2, 0.25) is 0 Å². The van der Waals surface area contributed by atoms with Gasteiger partial charge in [-0.3, -0.25) is 4.79 Å². The molecule has 7 nitrogen and oxygen atoms in total. The van der Waals surface area contributed by atoms with Gasteiger partial charge in [-0.25, -0.2) is 9.97 Å². The van der Waals surface area contributed by atoms with Crippen molar-refractivity contribution >= 4 is 17.5 Å². The molecule has 0 amide bonds. The Balaban J connectivity index is 1.60. The van der Waals surface area contributed by atoms with Crippen LogP contribution in [0.1, 0.15) is 25.1 Å². The average molecular weight is 470 g/mol. The normalized spacial score (nSPS) is 11.1. The van der Waals surface area contributed by atoms with Gasteiger partial charge in [-0.2, -0.15) is 0 Å². The Morgan fingerprint density at radius 3 is 2.54 bits per heavy atom. The number of rotatable bonds is 8. The summed E-state index contributed by atoms with van der Waals surface area (Å²) in [5.41, 5.74) is 2.88. The predicted octanol–water partition coefficient (Wildman–Crippen LogP) is 6.36. The Kier molecular flexibility index (Phi) is 6.68. The molecule has 0 aliphatic carbocycles. The maximum atomic E-state index is 11.6. The summed E-state index contributed by atoms with van der Waals surface area (Å²) in [6.07, 6.45) is 1.65. The molecule has 178 valence electrons. The number of carboxylic acid groups (broad SMARTS) is 1. The van der Waals surface area contributed by atoms with Crippen LogP contribution in [0.15, 0.2) is 79.0 Å². The van der Waals surface area contributed by atoms with Crippen LogP contribution in [0.5, 0.6) is 17.2 Å². The lowest BCUT2D eigenvalue weighted by molar-refractivity contribution is -0.142. The molecular formula is C28H27N3O4. The number of hydrogen-bond acceptors (Lipinski definition) is 6. The van der Waals surface area contributed by atoms with E-state index in [1.54, 1.807) is 45.4 Å². The van der Waals surface area contributed by atoms with Gasteiger partial charge in [0, 0.05) is 29.2 Å². The van der Waals surface area contributed by atoms with Gasteiger partial charge in [0.25, 0.3) is 0 Å². The molecule has 2 aromatic carbocycles. The summed E-state index contributed by atoms with van der Waals surface area (Å²) in [6, 6.07) is 22.3. The molecule has 2 N–H and O–H groups in total. The molecule has 0 bridgehead atoms. The Labute approximate surface area is 204 Å². The topological polar surface area (TPSA) is 93.6 Å². The first-order valence-electron chi connectivity index (χ1n) is 11.1. The van der Waals surface area contributed by atoms with E-state index in [4.69, 9.17) is 14.5 Å². The van der Waals surface area contributed by atoms with Crippen LogP contribution in [0, 0.1) is 6.92 Å². The number of methoxy groups -OCH3 is 1. The Morgan fingerprint density at radius 2 is 1.77 bits per heavy atom. The van der Waals surface area contributed by atoms with Crippen molar-refractivity contribution in [1.29, 1.82) is 0 Å². The van der Waals surface area contributed by atoms with Crippen LogP contribution in [-0.4, -0.2) is 28.2 Å². The van der Waals surface area contributed by atoms with Crippen LogP contribution in [0.4, 0.5) is 11.5 Å². The van der Waals surface area contributed by atoms with Gasteiger partial charge in [0.15, 0.2) is 5.75 Å². The second-order valence-electron chi connectivity index (χ2n) is 8.65. The van der Waals surface area contributed by atoms with E-state index in [2.05, 4.69) is 10.3 Å². The van der Waals surface area contributed by atoms with Gasteiger partial charge in [-0.1, -0.05) is 24.3 Å². The highest BCUT2D eigenvalue weighted by molar-refractivity contribution is 5.81. The summed E-state index contributed by atoms with van der Waals surface area (Å²) >= 11 is 0. The molecule has 4 aromatic rings. The number of anilines is 2. The van der Waals surface area contributed by atoms with Gasteiger partial charge in [0.1, 0.15) is 23.0 Å². The van der Waals surface area contributed by atoms with Gasteiger partial charge >= 0.3 is 5.97 Å². The number of aromatic nitrogens is 2. The summed E-state index contributed by atoms with van der Waals surface area (Å²) < 4.78 is 11.6. The monoisotopic (exact) mass is 469 g/mol. The SMILES string of the molecule is COc1cccc(-c2nc(C)ccc2Oc2ccnc(Nc3cccc(C(C)(C)C(=O)O)c3)c2)c1. The molecule has 4 rings (SSSR count). The molecule has 0 aliphatic rings. The van der Waals surface area contributed by atoms with Crippen molar-refractivity contribution in [2.75, 3.05) is 12.4 Å². The Bertz CT molecular complexity index is 1370. The fourth-order valence-electron chi connectivity index (χ4n) is 3.53. The van der Waals surface area contributed by atoms with Crippen molar-refractivity contribution in [3.63, 3.8) is 0 Å². The third-order valence-electron chi connectivity index (χ3n) is 5.69. The van der Waals surface area contributed by atoms with Crippen molar-refractivity contribution < 1.29 is 19.4 Å². The second kappa shape index (κ2) is 9.85. The lowest BCUT2D eigenvalue weighted by Crippen LogP contribution is -2.28. The zero-order valence-corrected chi connectivity index (χ0v) is 20.1. The molecule has 0 saturated carbocycles. The molecule has 35 heavy (non-hydrogen) atoms. The van der Waals surface area contributed by atoms with Crippen molar-refractivity contribution in [1.82, 2.24) is 9.97 Å². The molecule has 0 saturated heterocycles. The summed E-state index contributed by atoms with van der Waals surface area (Å²) in [4.78, 5) is 20.7. The number of pyridine rings is 2. The number of nitrogens with one attached hydrogen (secondary N) is 1. The van der Waals surface area contributed by atoms with Crippen LogP contribution in [0.25, 0.3) is 11.3 Å². The largest absolute Gasteiger partial charge is 0.497 e. The van der Waals surface area contributed by atoms with Gasteiger partial charge in [-0.15, -0.1) is 0 Å². The molecule has 2 aromatic heterocycles. The molecule has 0 spiro atoms. The number of carboxylic acids is 1. The minimum absolute atomic E-state index is 0.566. The van der Waals surface area contributed by atoms with E-state index in [0.717, 1.165) is 22.7 Å². The van der Waals surface area contributed by atoms with E-state index >= 15 is 0 Å². The summed E-state index contributed by atoms with van der Waals surface area (Å²) in [5, 5.41) is 12.8. The molecule has 2 heterocycles. The number of aryl methyl sites for hydroxylation is 1. The van der Waals surface area contributed by atoms with E-state index in [-0.39, 0.29) is 0 Å². The highest BCUT2D eigenvalue weighted by atomic mass is 16.5. The number of aliphatic carboxylic acids is 1. The number of benzene rings is 2. The van der Waals surface area contributed by atoms with Gasteiger partial charge in [-0.05, 0) is 68.8 Å². The molecular weight excluding hydrogens is 442 g/mol. The predicted molar refractivity (Wildman–Crippen MR) is 136 cm³/mol. The first kappa shape index (κ1) is 23.8. The van der Waals surface area contributed by atoms with E-state index in [1.165, 1.54) is 0 Å². The zero-order chi connectivity index (χ0) is 25.0. The third-order valence-corrected chi connectivity index (χ3v) is 5.69. The lowest BCUT2D eigenvalue weighted by atomic mass is 9.84. The van der Waals surface area contributed by atoms with Crippen LogP contribution >= 0.6 is 0 Å². The summed E-state index contributed by atoms with van der Waals surface area (Å²) in [5.74, 6) is 1.60. The van der Waals surface area contributed by atoms with E-state index in [1.807, 2.05) is 61.5 Å².